The van der Waals surface area contributed by atoms with Crippen LogP contribution in [0.25, 0.3) is 44.3 Å². The molecule has 5 aromatic rings. The lowest BCUT2D eigenvalue weighted by atomic mass is 9.63. The first kappa shape index (κ1) is 23.5. The molecule has 0 saturated heterocycles. The highest BCUT2D eigenvalue weighted by Crippen LogP contribution is 2.48. The number of pyridine rings is 1. The zero-order valence-corrected chi connectivity index (χ0v) is 22.6. The molecular formula is C34H33N2O+. The van der Waals surface area contributed by atoms with E-state index < -0.39 is 0 Å². The standard InChI is InChI=1S/C34H33N2O/c1-21-18-23(20-35)30-25-11-9-10-24(31(25)37-32(30)29(21)28-12-7-8-17-36(28)6)22-13-14-26-27(19-22)34(4,5)16-15-33(26,2)3/h7-14,17-19H,15-16H2,1-6H3/q+1. The lowest BCUT2D eigenvalue weighted by molar-refractivity contribution is -0.660. The van der Waals surface area contributed by atoms with Crippen LogP contribution in [-0.2, 0) is 17.9 Å². The van der Waals surface area contributed by atoms with Gasteiger partial charge in [-0.1, -0.05) is 64.1 Å². The zero-order chi connectivity index (χ0) is 26.1. The van der Waals surface area contributed by atoms with E-state index in [0.29, 0.717) is 5.56 Å². The maximum absolute atomic E-state index is 10.1. The van der Waals surface area contributed by atoms with Crippen molar-refractivity contribution in [1.29, 1.82) is 5.26 Å². The highest BCUT2D eigenvalue weighted by molar-refractivity contribution is 6.15. The van der Waals surface area contributed by atoms with E-state index in [-0.39, 0.29) is 10.8 Å². The largest absolute Gasteiger partial charge is 0.454 e. The third-order valence-electron chi connectivity index (χ3n) is 8.56. The van der Waals surface area contributed by atoms with Crippen LogP contribution in [0.3, 0.4) is 0 Å². The van der Waals surface area contributed by atoms with Crippen molar-refractivity contribution in [2.45, 2.75) is 58.3 Å². The van der Waals surface area contributed by atoms with Gasteiger partial charge in [-0.25, -0.2) is 4.57 Å². The van der Waals surface area contributed by atoms with Crippen LogP contribution in [0.2, 0.25) is 0 Å². The molecule has 0 fully saturated rings. The third kappa shape index (κ3) is 3.50. The summed E-state index contributed by atoms with van der Waals surface area (Å²) >= 11 is 0. The van der Waals surface area contributed by atoms with Gasteiger partial charge in [0.2, 0.25) is 5.69 Å². The molecule has 1 aliphatic carbocycles. The molecule has 6 rings (SSSR count). The fourth-order valence-corrected chi connectivity index (χ4v) is 6.28. The molecular weight excluding hydrogens is 452 g/mol. The molecule has 3 heteroatoms. The van der Waals surface area contributed by atoms with Crippen LogP contribution < -0.4 is 4.57 Å². The van der Waals surface area contributed by atoms with Crippen molar-refractivity contribution in [3.05, 3.63) is 89.1 Å². The molecule has 0 aliphatic heterocycles. The SMILES string of the molecule is Cc1cc(C#N)c2c(oc3c(-c4ccc5c(c4)C(C)(C)CCC5(C)C)cccc32)c1-c1cccc[n+]1C. The molecule has 0 atom stereocenters. The highest BCUT2D eigenvalue weighted by Gasteiger charge is 2.37. The summed E-state index contributed by atoms with van der Waals surface area (Å²) in [6, 6.07) is 23.9. The van der Waals surface area contributed by atoms with E-state index in [0.717, 1.165) is 49.9 Å². The molecule has 0 N–H and O–H groups in total. The Morgan fingerprint density at radius 2 is 1.62 bits per heavy atom. The Kier molecular flexibility index (Phi) is 5.11. The molecule has 0 bridgehead atoms. The Balaban J connectivity index is 1.67. The molecule has 3 aromatic carbocycles. The van der Waals surface area contributed by atoms with Gasteiger partial charge in [0.15, 0.2) is 11.8 Å². The second-order valence-corrected chi connectivity index (χ2v) is 11.9. The Hall–Kier alpha value is -3.90. The van der Waals surface area contributed by atoms with E-state index in [1.165, 1.54) is 24.0 Å². The van der Waals surface area contributed by atoms with Crippen molar-refractivity contribution in [3.63, 3.8) is 0 Å². The molecule has 0 radical (unpaired) electrons. The first-order valence-corrected chi connectivity index (χ1v) is 13.1. The Morgan fingerprint density at radius 3 is 2.35 bits per heavy atom. The summed E-state index contributed by atoms with van der Waals surface area (Å²) in [4.78, 5) is 0. The number of rotatable bonds is 2. The number of furan rings is 1. The second kappa shape index (κ2) is 8.05. The summed E-state index contributed by atoms with van der Waals surface area (Å²) in [5.41, 5.74) is 10.8. The Labute approximate surface area is 219 Å². The Bertz CT molecular complexity index is 1760. The molecule has 2 aromatic heterocycles. The second-order valence-electron chi connectivity index (χ2n) is 11.9. The monoisotopic (exact) mass is 485 g/mol. The van der Waals surface area contributed by atoms with E-state index in [1.807, 2.05) is 31.4 Å². The van der Waals surface area contributed by atoms with Crippen molar-refractivity contribution < 1.29 is 8.98 Å². The van der Waals surface area contributed by atoms with Crippen molar-refractivity contribution >= 4 is 21.9 Å². The smallest absolute Gasteiger partial charge is 0.216 e. The highest BCUT2D eigenvalue weighted by atomic mass is 16.3. The number of hydrogen-bond acceptors (Lipinski definition) is 2. The van der Waals surface area contributed by atoms with Crippen LogP contribution >= 0.6 is 0 Å². The van der Waals surface area contributed by atoms with Crippen LogP contribution in [0.1, 0.15) is 62.8 Å². The topological polar surface area (TPSA) is 40.8 Å². The zero-order valence-electron chi connectivity index (χ0n) is 22.6. The number of nitrogens with zero attached hydrogens (tertiary/aromatic N) is 2. The van der Waals surface area contributed by atoms with Gasteiger partial charge in [0.25, 0.3) is 0 Å². The molecule has 37 heavy (non-hydrogen) atoms. The molecule has 3 nitrogen and oxygen atoms in total. The third-order valence-corrected chi connectivity index (χ3v) is 8.56. The van der Waals surface area contributed by atoms with Gasteiger partial charge in [0.05, 0.1) is 17.2 Å². The summed E-state index contributed by atoms with van der Waals surface area (Å²) in [5, 5.41) is 12.0. The number of nitriles is 1. The first-order valence-electron chi connectivity index (χ1n) is 13.1. The number of aromatic nitrogens is 1. The average molecular weight is 486 g/mol. The minimum Gasteiger partial charge on any atom is -0.454 e. The van der Waals surface area contributed by atoms with Crippen LogP contribution in [0.5, 0.6) is 0 Å². The number of para-hydroxylation sites is 1. The van der Waals surface area contributed by atoms with E-state index in [9.17, 15) is 5.26 Å². The van der Waals surface area contributed by atoms with Gasteiger partial charge >= 0.3 is 0 Å². The lowest BCUT2D eigenvalue weighted by Gasteiger charge is -2.42. The molecule has 184 valence electrons. The number of fused-ring (bicyclic) bond motifs is 4. The fraction of sp³-hybridized carbons (Fsp3) is 0.294. The normalized spacial score (nSPS) is 16.0. The first-order chi connectivity index (χ1) is 17.6. The average Bonchev–Trinajstić information content (AvgIpc) is 3.26. The van der Waals surface area contributed by atoms with E-state index in [1.54, 1.807) is 0 Å². The van der Waals surface area contributed by atoms with E-state index in [2.05, 4.69) is 87.7 Å². The quantitative estimate of drug-likeness (QED) is 0.236. The summed E-state index contributed by atoms with van der Waals surface area (Å²) < 4.78 is 8.88. The van der Waals surface area contributed by atoms with Crippen LogP contribution in [0.4, 0.5) is 0 Å². The number of benzene rings is 3. The predicted octanol–water partition coefficient (Wildman–Crippen LogP) is 8.27. The van der Waals surface area contributed by atoms with Crippen LogP contribution in [0.15, 0.2) is 71.3 Å². The van der Waals surface area contributed by atoms with Gasteiger partial charge in [-0.3, -0.25) is 0 Å². The van der Waals surface area contributed by atoms with Gasteiger partial charge in [-0.15, -0.1) is 0 Å². The minimum absolute atomic E-state index is 0.128. The van der Waals surface area contributed by atoms with E-state index in [4.69, 9.17) is 4.42 Å². The maximum atomic E-state index is 10.1. The fourth-order valence-electron chi connectivity index (χ4n) is 6.28. The van der Waals surface area contributed by atoms with Crippen molar-refractivity contribution in [2.24, 2.45) is 7.05 Å². The van der Waals surface area contributed by atoms with Gasteiger partial charge in [0, 0.05) is 28.5 Å². The Morgan fingerprint density at radius 1 is 0.865 bits per heavy atom. The van der Waals surface area contributed by atoms with Gasteiger partial charge < -0.3 is 4.42 Å². The molecule has 0 spiro atoms. The summed E-state index contributed by atoms with van der Waals surface area (Å²) in [6.45, 7) is 11.5. The summed E-state index contributed by atoms with van der Waals surface area (Å²) in [6.07, 6.45) is 4.41. The number of hydrogen-bond donors (Lipinski definition) is 0. The summed E-state index contributed by atoms with van der Waals surface area (Å²) in [5.74, 6) is 0. The van der Waals surface area contributed by atoms with Gasteiger partial charge in [-0.05, 0) is 65.0 Å². The van der Waals surface area contributed by atoms with Crippen LogP contribution in [-0.4, -0.2) is 0 Å². The molecule has 1 aliphatic rings. The number of aryl methyl sites for hydroxylation is 2. The maximum Gasteiger partial charge on any atom is 0.216 e. The van der Waals surface area contributed by atoms with Gasteiger partial charge in [0.1, 0.15) is 12.6 Å². The summed E-state index contributed by atoms with van der Waals surface area (Å²) in [7, 11) is 2.04. The van der Waals surface area contributed by atoms with Crippen LogP contribution in [0, 0.1) is 18.3 Å². The molecule has 0 amide bonds. The van der Waals surface area contributed by atoms with Crippen molar-refractivity contribution in [3.8, 4) is 28.5 Å². The van der Waals surface area contributed by atoms with Gasteiger partial charge in [-0.2, -0.15) is 5.26 Å². The van der Waals surface area contributed by atoms with E-state index >= 15 is 0 Å². The molecule has 0 unspecified atom stereocenters. The predicted molar refractivity (Wildman–Crippen MR) is 151 cm³/mol. The molecule has 0 saturated carbocycles. The minimum atomic E-state index is 0.128. The lowest BCUT2D eigenvalue weighted by Crippen LogP contribution is -2.33. The van der Waals surface area contributed by atoms with Crippen molar-refractivity contribution in [1.82, 2.24) is 0 Å². The molecule has 2 heterocycles. The van der Waals surface area contributed by atoms with Crippen molar-refractivity contribution in [2.75, 3.05) is 0 Å².